The van der Waals surface area contributed by atoms with E-state index in [0.29, 0.717) is 26.4 Å². The minimum atomic E-state index is -1.52. The van der Waals surface area contributed by atoms with E-state index in [0.717, 1.165) is 25.7 Å². The largest absolute Gasteiger partial charge is 0.439 e. The number of ether oxygens (including phenoxy) is 3. The van der Waals surface area contributed by atoms with Gasteiger partial charge in [-0.1, -0.05) is 26.7 Å². The summed E-state index contributed by atoms with van der Waals surface area (Å²) >= 11 is 0. The monoisotopic (exact) mass is 264 g/mol. The molecule has 0 fully saturated rings. The van der Waals surface area contributed by atoms with Crippen LogP contribution in [0.4, 0.5) is 0 Å². The van der Waals surface area contributed by atoms with Crippen molar-refractivity contribution in [3.05, 3.63) is 0 Å². The van der Waals surface area contributed by atoms with E-state index in [4.69, 9.17) is 24.0 Å². The van der Waals surface area contributed by atoms with Crippen molar-refractivity contribution in [3.8, 4) is 0 Å². The van der Waals surface area contributed by atoms with Crippen LogP contribution in [-0.2, 0) is 24.0 Å². The lowest BCUT2D eigenvalue weighted by Crippen LogP contribution is -2.43. The average molecular weight is 264 g/mol. The quantitative estimate of drug-likeness (QED) is 0.221. The number of unbranched alkanes of at least 4 members (excludes halogenated alkanes) is 2. The molecule has 5 heteroatoms. The third-order valence-corrected chi connectivity index (χ3v) is 2.15. The number of hydrogen-bond donors (Lipinski definition) is 0. The van der Waals surface area contributed by atoms with Crippen LogP contribution in [0.2, 0.25) is 0 Å². The summed E-state index contributed by atoms with van der Waals surface area (Å²) in [5.41, 5.74) is 0. The van der Waals surface area contributed by atoms with Crippen LogP contribution in [-0.4, -0.2) is 32.6 Å². The van der Waals surface area contributed by atoms with Gasteiger partial charge in [0.1, 0.15) is 0 Å². The van der Waals surface area contributed by atoms with Crippen molar-refractivity contribution in [1.29, 1.82) is 0 Å². The maximum absolute atomic E-state index is 5.57. The molecule has 0 bridgehead atoms. The van der Waals surface area contributed by atoms with Crippen molar-refractivity contribution in [2.45, 2.75) is 59.5 Å². The molecule has 0 unspecified atom stereocenters. The summed E-state index contributed by atoms with van der Waals surface area (Å²) in [5.74, 6) is 0. The maximum atomic E-state index is 5.57. The van der Waals surface area contributed by atoms with Gasteiger partial charge in [0.15, 0.2) is 0 Å². The van der Waals surface area contributed by atoms with E-state index in [-0.39, 0.29) is 0 Å². The van der Waals surface area contributed by atoms with E-state index in [1.807, 2.05) is 13.8 Å². The van der Waals surface area contributed by atoms with Crippen LogP contribution in [0.25, 0.3) is 0 Å². The van der Waals surface area contributed by atoms with Crippen molar-refractivity contribution in [2.24, 2.45) is 0 Å². The van der Waals surface area contributed by atoms with Gasteiger partial charge in [-0.05, 0) is 26.7 Å². The molecule has 0 aromatic rings. The molecule has 0 heterocycles. The first-order valence-electron chi connectivity index (χ1n) is 6.97. The van der Waals surface area contributed by atoms with Crippen LogP contribution in [0.1, 0.15) is 53.4 Å². The van der Waals surface area contributed by atoms with Gasteiger partial charge in [0.25, 0.3) is 0 Å². The lowest BCUT2D eigenvalue weighted by molar-refractivity contribution is -0.587. The second-order valence-electron chi connectivity index (χ2n) is 3.83. The van der Waals surface area contributed by atoms with Crippen LogP contribution in [0.3, 0.4) is 0 Å². The third kappa shape index (κ3) is 8.00. The molecule has 0 aliphatic heterocycles. The Morgan fingerprint density at radius 3 is 1.67 bits per heavy atom. The van der Waals surface area contributed by atoms with Crippen molar-refractivity contribution in [1.82, 2.24) is 0 Å². The van der Waals surface area contributed by atoms with Crippen LogP contribution in [0.15, 0.2) is 0 Å². The molecule has 0 atom stereocenters. The predicted molar refractivity (Wildman–Crippen MR) is 68.8 cm³/mol. The standard InChI is InChI=1S/C13H28O5/c1-5-9-11-15-13(14-7-3,18-17-8-4)16-12-10-6-2/h5-12H2,1-4H3. The Morgan fingerprint density at radius 2 is 1.28 bits per heavy atom. The summed E-state index contributed by atoms with van der Waals surface area (Å²) in [6, 6.07) is 0. The highest BCUT2D eigenvalue weighted by molar-refractivity contribution is 4.43. The Bertz CT molecular complexity index is 165. The van der Waals surface area contributed by atoms with Crippen LogP contribution >= 0.6 is 0 Å². The van der Waals surface area contributed by atoms with Gasteiger partial charge >= 0.3 is 6.16 Å². The SMILES string of the molecule is CCCCOC(OCC)(OCCCC)OOCC. The molecule has 0 aromatic carbocycles. The Morgan fingerprint density at radius 1 is 0.722 bits per heavy atom. The number of rotatable bonds is 13. The summed E-state index contributed by atoms with van der Waals surface area (Å²) in [6.45, 7) is 9.71. The first kappa shape index (κ1) is 17.8. The minimum absolute atomic E-state index is 0.406. The van der Waals surface area contributed by atoms with Gasteiger partial charge in [-0.2, -0.15) is 0 Å². The smallest absolute Gasteiger partial charge is 0.302 e. The van der Waals surface area contributed by atoms with Gasteiger partial charge in [0.2, 0.25) is 0 Å². The highest BCUT2D eigenvalue weighted by Crippen LogP contribution is 2.19. The maximum Gasteiger partial charge on any atom is 0.439 e. The van der Waals surface area contributed by atoms with E-state index in [9.17, 15) is 0 Å². The first-order chi connectivity index (χ1) is 8.74. The molecule has 18 heavy (non-hydrogen) atoms. The topological polar surface area (TPSA) is 46.2 Å². The van der Waals surface area contributed by atoms with E-state index in [1.54, 1.807) is 0 Å². The highest BCUT2D eigenvalue weighted by atomic mass is 17.3. The van der Waals surface area contributed by atoms with Crippen molar-refractivity contribution in [2.75, 3.05) is 26.4 Å². The molecular weight excluding hydrogens is 236 g/mol. The fourth-order valence-corrected chi connectivity index (χ4v) is 1.19. The van der Waals surface area contributed by atoms with Crippen LogP contribution < -0.4 is 0 Å². The lowest BCUT2D eigenvalue weighted by Gasteiger charge is -2.30. The molecule has 110 valence electrons. The van der Waals surface area contributed by atoms with Crippen molar-refractivity contribution < 1.29 is 24.0 Å². The minimum Gasteiger partial charge on any atom is -0.302 e. The zero-order valence-electron chi connectivity index (χ0n) is 12.2. The molecule has 0 radical (unpaired) electrons. The van der Waals surface area contributed by atoms with E-state index in [1.165, 1.54) is 0 Å². The van der Waals surface area contributed by atoms with E-state index in [2.05, 4.69) is 13.8 Å². The second-order valence-corrected chi connectivity index (χ2v) is 3.83. The zero-order chi connectivity index (χ0) is 13.7. The van der Waals surface area contributed by atoms with E-state index >= 15 is 0 Å². The molecule has 0 aliphatic rings. The van der Waals surface area contributed by atoms with Crippen molar-refractivity contribution >= 4 is 0 Å². The molecule has 0 saturated carbocycles. The third-order valence-electron chi connectivity index (χ3n) is 2.15. The normalized spacial score (nSPS) is 12.0. The summed E-state index contributed by atoms with van der Waals surface area (Å²) in [7, 11) is 0. The van der Waals surface area contributed by atoms with E-state index < -0.39 is 6.16 Å². The van der Waals surface area contributed by atoms with Gasteiger partial charge in [-0.15, -0.1) is 4.89 Å². The van der Waals surface area contributed by atoms with Gasteiger partial charge < -0.3 is 14.2 Å². The summed E-state index contributed by atoms with van der Waals surface area (Å²) < 4.78 is 16.6. The van der Waals surface area contributed by atoms with Crippen molar-refractivity contribution in [3.63, 3.8) is 0 Å². The Labute approximate surface area is 111 Å². The zero-order valence-corrected chi connectivity index (χ0v) is 12.2. The molecule has 0 aliphatic carbocycles. The predicted octanol–water partition coefficient (Wildman–Crippen LogP) is 3.24. The molecule has 5 nitrogen and oxygen atoms in total. The van der Waals surface area contributed by atoms with Gasteiger partial charge in [0.05, 0.1) is 26.4 Å². The Kier molecular flexibility index (Phi) is 11.7. The highest BCUT2D eigenvalue weighted by Gasteiger charge is 2.37. The second kappa shape index (κ2) is 11.9. The molecule has 0 saturated heterocycles. The average Bonchev–Trinajstić information content (AvgIpc) is 2.37. The molecular formula is C13H28O5. The summed E-state index contributed by atoms with van der Waals surface area (Å²) in [5, 5.41) is 0. The fraction of sp³-hybridized carbons (Fsp3) is 1.00. The van der Waals surface area contributed by atoms with Crippen LogP contribution in [0.5, 0.6) is 0 Å². The van der Waals surface area contributed by atoms with Gasteiger partial charge in [-0.3, -0.25) is 0 Å². The fourth-order valence-electron chi connectivity index (χ4n) is 1.19. The van der Waals surface area contributed by atoms with Gasteiger partial charge in [0, 0.05) is 0 Å². The molecule has 0 amide bonds. The Balaban J connectivity index is 4.34. The molecule has 0 spiro atoms. The van der Waals surface area contributed by atoms with Crippen LogP contribution in [0, 0.1) is 0 Å². The molecule has 0 N–H and O–H groups in total. The number of hydrogen-bond acceptors (Lipinski definition) is 5. The van der Waals surface area contributed by atoms with Gasteiger partial charge in [-0.25, -0.2) is 4.89 Å². The molecule has 0 aromatic heterocycles. The first-order valence-corrected chi connectivity index (χ1v) is 6.97. The summed E-state index contributed by atoms with van der Waals surface area (Å²) in [6.07, 6.45) is 2.38. The Hall–Kier alpha value is -0.200. The molecule has 0 rings (SSSR count). The summed E-state index contributed by atoms with van der Waals surface area (Å²) in [4.78, 5) is 10.1. The lowest BCUT2D eigenvalue weighted by atomic mass is 10.4.